The maximum absolute atomic E-state index is 11.0. The van der Waals surface area contributed by atoms with Crippen molar-refractivity contribution in [3.8, 4) is 5.75 Å². The zero-order chi connectivity index (χ0) is 14.6. The lowest BCUT2D eigenvalue weighted by Crippen LogP contribution is -2.37. The first-order valence-corrected chi connectivity index (χ1v) is 6.32. The molecular weight excluding hydrogens is 254 g/mol. The molecular formula is C16H17NO3. The largest absolute Gasteiger partial charge is 0.478 e. The molecule has 0 aliphatic heterocycles. The highest BCUT2D eigenvalue weighted by atomic mass is 16.5. The molecule has 2 aromatic carbocycles. The second-order valence-electron chi connectivity index (χ2n) is 4.93. The average molecular weight is 271 g/mol. The molecule has 4 nitrogen and oxygen atoms in total. The maximum Gasteiger partial charge on any atom is 0.347 e. The monoisotopic (exact) mass is 271 g/mol. The van der Waals surface area contributed by atoms with E-state index in [1.54, 1.807) is 12.1 Å². The van der Waals surface area contributed by atoms with Gasteiger partial charge in [0.05, 0.1) is 0 Å². The van der Waals surface area contributed by atoms with Crippen molar-refractivity contribution in [2.75, 3.05) is 5.32 Å². The Labute approximate surface area is 118 Å². The van der Waals surface area contributed by atoms with E-state index in [1.807, 2.05) is 42.5 Å². The summed E-state index contributed by atoms with van der Waals surface area (Å²) in [5.41, 5.74) is 0.665. The summed E-state index contributed by atoms with van der Waals surface area (Å²) in [5.74, 6) is -0.472. The first-order valence-electron chi connectivity index (χ1n) is 6.32. The van der Waals surface area contributed by atoms with E-state index in [0.29, 0.717) is 5.75 Å². The number of anilines is 2. The van der Waals surface area contributed by atoms with Crippen molar-refractivity contribution in [2.24, 2.45) is 0 Å². The third-order valence-corrected chi connectivity index (χ3v) is 2.80. The minimum atomic E-state index is -1.24. The number of carboxylic acids is 1. The van der Waals surface area contributed by atoms with Crippen molar-refractivity contribution in [3.05, 3.63) is 54.6 Å². The summed E-state index contributed by atoms with van der Waals surface area (Å²) in [7, 11) is 0. The van der Waals surface area contributed by atoms with Crippen molar-refractivity contribution in [3.63, 3.8) is 0 Å². The molecule has 0 aliphatic rings. The fraction of sp³-hybridized carbons (Fsp3) is 0.188. The van der Waals surface area contributed by atoms with Gasteiger partial charge >= 0.3 is 5.97 Å². The normalized spacial score (nSPS) is 10.9. The van der Waals surface area contributed by atoms with Gasteiger partial charge < -0.3 is 15.2 Å². The maximum atomic E-state index is 11.0. The quantitative estimate of drug-likeness (QED) is 0.871. The summed E-state index contributed by atoms with van der Waals surface area (Å²) in [6, 6.07) is 17.0. The van der Waals surface area contributed by atoms with E-state index in [0.717, 1.165) is 11.4 Å². The lowest BCUT2D eigenvalue weighted by atomic mass is 10.1. The van der Waals surface area contributed by atoms with Crippen LogP contribution < -0.4 is 10.1 Å². The number of rotatable bonds is 5. The van der Waals surface area contributed by atoms with E-state index in [-0.39, 0.29) is 0 Å². The Kier molecular flexibility index (Phi) is 3.94. The van der Waals surface area contributed by atoms with Gasteiger partial charge in [0.1, 0.15) is 5.75 Å². The Bertz CT molecular complexity index is 576. The summed E-state index contributed by atoms with van der Waals surface area (Å²) in [4.78, 5) is 11.0. The number of hydrogen-bond acceptors (Lipinski definition) is 3. The molecule has 0 spiro atoms. The van der Waals surface area contributed by atoms with E-state index in [9.17, 15) is 4.79 Å². The molecule has 0 bridgehead atoms. The van der Waals surface area contributed by atoms with Crippen LogP contribution in [0.2, 0.25) is 0 Å². The molecule has 0 heterocycles. The molecule has 20 heavy (non-hydrogen) atoms. The van der Waals surface area contributed by atoms with E-state index < -0.39 is 11.6 Å². The molecule has 0 unspecified atom stereocenters. The van der Waals surface area contributed by atoms with Gasteiger partial charge in [0, 0.05) is 11.4 Å². The van der Waals surface area contributed by atoms with Crippen LogP contribution in [-0.2, 0) is 4.79 Å². The number of nitrogens with one attached hydrogen (secondary N) is 1. The predicted octanol–water partition coefficient (Wildman–Crippen LogP) is 3.67. The molecule has 0 amide bonds. The number of benzene rings is 2. The van der Waals surface area contributed by atoms with Crippen LogP contribution >= 0.6 is 0 Å². The van der Waals surface area contributed by atoms with Gasteiger partial charge in [0.25, 0.3) is 0 Å². The molecule has 104 valence electrons. The number of hydrogen-bond donors (Lipinski definition) is 2. The molecule has 0 saturated carbocycles. The van der Waals surface area contributed by atoms with Gasteiger partial charge in [-0.3, -0.25) is 0 Å². The van der Waals surface area contributed by atoms with Crippen molar-refractivity contribution in [1.29, 1.82) is 0 Å². The summed E-state index contributed by atoms with van der Waals surface area (Å²) in [6.07, 6.45) is 0. The highest BCUT2D eigenvalue weighted by Gasteiger charge is 2.29. The summed E-state index contributed by atoms with van der Waals surface area (Å²) in [5, 5.41) is 12.3. The zero-order valence-electron chi connectivity index (χ0n) is 11.5. The summed E-state index contributed by atoms with van der Waals surface area (Å²) in [6.45, 7) is 3.04. The van der Waals surface area contributed by atoms with E-state index >= 15 is 0 Å². The van der Waals surface area contributed by atoms with Gasteiger partial charge in [-0.25, -0.2) is 4.79 Å². The Morgan fingerprint density at radius 1 is 1.00 bits per heavy atom. The highest BCUT2D eigenvalue weighted by molar-refractivity contribution is 5.76. The molecule has 2 N–H and O–H groups in total. The van der Waals surface area contributed by atoms with Crippen LogP contribution in [0.5, 0.6) is 5.75 Å². The Balaban J connectivity index is 2.05. The second kappa shape index (κ2) is 5.65. The SMILES string of the molecule is CC(C)(Oc1ccc(Nc2ccccc2)cc1)C(=O)O. The van der Waals surface area contributed by atoms with Gasteiger partial charge in [-0.2, -0.15) is 0 Å². The van der Waals surface area contributed by atoms with Crippen molar-refractivity contribution >= 4 is 17.3 Å². The van der Waals surface area contributed by atoms with Crippen LogP contribution in [-0.4, -0.2) is 16.7 Å². The third-order valence-electron chi connectivity index (χ3n) is 2.80. The first-order chi connectivity index (χ1) is 9.47. The minimum Gasteiger partial charge on any atom is -0.478 e. The van der Waals surface area contributed by atoms with Crippen LogP contribution in [0.15, 0.2) is 54.6 Å². The van der Waals surface area contributed by atoms with Crippen LogP contribution in [0.3, 0.4) is 0 Å². The number of carbonyl (C=O) groups is 1. The van der Waals surface area contributed by atoms with E-state index in [1.165, 1.54) is 13.8 Å². The van der Waals surface area contributed by atoms with E-state index in [4.69, 9.17) is 9.84 Å². The molecule has 0 saturated heterocycles. The highest BCUT2D eigenvalue weighted by Crippen LogP contribution is 2.23. The van der Waals surface area contributed by atoms with Crippen LogP contribution in [0.4, 0.5) is 11.4 Å². The average Bonchev–Trinajstić information content (AvgIpc) is 2.42. The second-order valence-corrected chi connectivity index (χ2v) is 4.93. The zero-order valence-corrected chi connectivity index (χ0v) is 11.5. The van der Waals surface area contributed by atoms with Crippen LogP contribution in [0.25, 0.3) is 0 Å². The molecule has 2 aromatic rings. The van der Waals surface area contributed by atoms with Crippen molar-refractivity contribution < 1.29 is 14.6 Å². The minimum absolute atomic E-state index is 0.524. The standard InChI is InChI=1S/C16H17NO3/c1-16(2,15(18)19)20-14-10-8-13(9-11-14)17-12-6-4-3-5-7-12/h3-11,17H,1-2H3,(H,18,19). The molecule has 0 fully saturated rings. The van der Waals surface area contributed by atoms with Gasteiger partial charge in [0.15, 0.2) is 5.60 Å². The Morgan fingerprint density at radius 2 is 1.55 bits per heavy atom. The fourth-order valence-electron chi connectivity index (χ4n) is 1.63. The molecule has 0 aliphatic carbocycles. The molecule has 0 atom stereocenters. The lowest BCUT2D eigenvalue weighted by Gasteiger charge is -2.21. The fourth-order valence-corrected chi connectivity index (χ4v) is 1.63. The molecule has 4 heteroatoms. The van der Waals surface area contributed by atoms with Crippen molar-refractivity contribution in [2.45, 2.75) is 19.4 Å². The number of para-hydroxylation sites is 1. The third kappa shape index (κ3) is 3.51. The number of ether oxygens (including phenoxy) is 1. The summed E-state index contributed by atoms with van der Waals surface area (Å²) >= 11 is 0. The number of aliphatic carboxylic acids is 1. The van der Waals surface area contributed by atoms with Gasteiger partial charge in [-0.15, -0.1) is 0 Å². The first kappa shape index (κ1) is 13.9. The predicted molar refractivity (Wildman–Crippen MR) is 78.5 cm³/mol. The smallest absolute Gasteiger partial charge is 0.347 e. The number of carboxylic acid groups (broad SMARTS) is 1. The molecule has 2 rings (SSSR count). The van der Waals surface area contributed by atoms with Gasteiger partial charge in [-0.05, 0) is 50.2 Å². The Morgan fingerprint density at radius 3 is 2.10 bits per heavy atom. The van der Waals surface area contributed by atoms with Crippen molar-refractivity contribution in [1.82, 2.24) is 0 Å². The molecule has 0 aromatic heterocycles. The van der Waals surface area contributed by atoms with Crippen LogP contribution in [0, 0.1) is 0 Å². The molecule has 0 radical (unpaired) electrons. The van der Waals surface area contributed by atoms with E-state index in [2.05, 4.69) is 5.32 Å². The lowest BCUT2D eigenvalue weighted by molar-refractivity contribution is -0.152. The van der Waals surface area contributed by atoms with Gasteiger partial charge in [-0.1, -0.05) is 18.2 Å². The Hall–Kier alpha value is -2.49. The topological polar surface area (TPSA) is 58.6 Å². The summed E-state index contributed by atoms with van der Waals surface area (Å²) < 4.78 is 5.44. The van der Waals surface area contributed by atoms with Gasteiger partial charge in [0.2, 0.25) is 0 Å². The van der Waals surface area contributed by atoms with Crippen LogP contribution in [0.1, 0.15) is 13.8 Å².